The van der Waals surface area contributed by atoms with Gasteiger partial charge in [-0.3, -0.25) is 4.57 Å². The largest absolute Gasteiger partial charge is 0.325 e. The first-order valence-electron chi connectivity index (χ1n) is 5.62. The fourth-order valence-electron chi connectivity index (χ4n) is 1.42. The van der Waals surface area contributed by atoms with Gasteiger partial charge in [-0.15, -0.1) is 0 Å². The molecule has 0 amide bonds. The maximum atomic E-state index is 13.5. The lowest BCUT2D eigenvalue weighted by atomic mass is 10.3. The predicted octanol–water partition coefficient (Wildman–Crippen LogP) is 3.57. The van der Waals surface area contributed by atoms with Crippen molar-refractivity contribution in [3.8, 4) is 0 Å². The molecule has 90 valence electrons. The Labute approximate surface area is 96.3 Å². The maximum Gasteiger partial charge on any atom is 0.234 e. The van der Waals surface area contributed by atoms with Crippen LogP contribution in [0.2, 0.25) is 0 Å². The highest BCUT2D eigenvalue weighted by Crippen LogP contribution is 2.45. The van der Waals surface area contributed by atoms with Crippen molar-refractivity contribution >= 4 is 12.7 Å². The van der Waals surface area contributed by atoms with Crippen LogP contribution in [0.4, 0.5) is 4.39 Å². The van der Waals surface area contributed by atoms with Crippen LogP contribution in [0, 0.1) is 5.82 Å². The molecule has 0 spiro atoms. The van der Waals surface area contributed by atoms with Gasteiger partial charge in [0.05, 0.1) is 11.9 Å². The van der Waals surface area contributed by atoms with Crippen molar-refractivity contribution in [2.75, 3.05) is 12.8 Å². The highest BCUT2D eigenvalue weighted by Gasteiger charge is 2.26. The number of rotatable bonds is 6. The van der Waals surface area contributed by atoms with Gasteiger partial charge >= 0.3 is 0 Å². The van der Waals surface area contributed by atoms with E-state index >= 15 is 0 Å². The Kier molecular flexibility index (Phi) is 5.17. The van der Waals surface area contributed by atoms with E-state index in [-0.39, 0.29) is 5.30 Å². The molecule has 0 fully saturated rings. The molecule has 0 bridgehead atoms. The van der Waals surface area contributed by atoms with Crippen LogP contribution in [0.1, 0.15) is 26.7 Å². The van der Waals surface area contributed by atoms with Gasteiger partial charge in [-0.25, -0.2) is 4.39 Å². The Morgan fingerprint density at radius 3 is 2.56 bits per heavy atom. The van der Waals surface area contributed by atoms with Crippen LogP contribution in [0.3, 0.4) is 0 Å². The Morgan fingerprint density at radius 2 is 2.00 bits per heavy atom. The average molecular weight is 244 g/mol. The first-order chi connectivity index (χ1) is 7.64. The van der Waals surface area contributed by atoms with E-state index in [0.717, 1.165) is 12.8 Å². The zero-order chi connectivity index (χ0) is 12.0. The van der Waals surface area contributed by atoms with E-state index in [1.54, 1.807) is 25.1 Å². The molecule has 0 saturated carbocycles. The summed E-state index contributed by atoms with van der Waals surface area (Å²) in [4.78, 5) is 0. The summed E-state index contributed by atoms with van der Waals surface area (Å²) < 4.78 is 31.3. The minimum Gasteiger partial charge on any atom is -0.325 e. The Hall–Kier alpha value is -0.660. The first kappa shape index (κ1) is 13.4. The lowest BCUT2D eigenvalue weighted by Gasteiger charge is -2.17. The van der Waals surface area contributed by atoms with Crippen LogP contribution < -0.4 is 5.30 Å². The summed E-state index contributed by atoms with van der Waals surface area (Å²) in [6, 6.07) is 6.14. The summed E-state index contributed by atoms with van der Waals surface area (Å²) in [7, 11) is -2.99. The van der Waals surface area contributed by atoms with E-state index < -0.39 is 13.2 Å². The summed E-state index contributed by atoms with van der Waals surface area (Å²) in [6.07, 6.45) is 2.15. The molecule has 2 nitrogen and oxygen atoms in total. The standard InChI is InChI=1S/C12H18FO2P/c1-3-5-10-15-16(14,4-2)12-9-7-6-8-11(12)13/h6-9H,3-5,10H2,1-2H3. The zero-order valence-electron chi connectivity index (χ0n) is 9.78. The van der Waals surface area contributed by atoms with Gasteiger partial charge in [0.15, 0.2) is 0 Å². The third-order valence-electron chi connectivity index (χ3n) is 2.43. The first-order valence-corrected chi connectivity index (χ1v) is 7.43. The van der Waals surface area contributed by atoms with Crippen LogP contribution in [0.25, 0.3) is 0 Å². The molecular formula is C12H18FO2P. The lowest BCUT2D eigenvalue weighted by molar-refractivity contribution is 0.312. The Balaban J connectivity index is 2.88. The van der Waals surface area contributed by atoms with Crippen molar-refractivity contribution in [1.29, 1.82) is 0 Å². The van der Waals surface area contributed by atoms with E-state index in [4.69, 9.17) is 4.52 Å². The summed E-state index contributed by atoms with van der Waals surface area (Å²) in [5.41, 5.74) is 0. The van der Waals surface area contributed by atoms with Crippen molar-refractivity contribution in [3.05, 3.63) is 30.1 Å². The fraction of sp³-hybridized carbons (Fsp3) is 0.500. The van der Waals surface area contributed by atoms with E-state index in [1.807, 2.05) is 6.92 Å². The van der Waals surface area contributed by atoms with Gasteiger partial charge in [0.1, 0.15) is 5.82 Å². The van der Waals surface area contributed by atoms with E-state index in [9.17, 15) is 8.96 Å². The summed E-state index contributed by atoms with van der Waals surface area (Å²) in [6.45, 7) is 4.22. The van der Waals surface area contributed by atoms with Crippen molar-refractivity contribution in [2.45, 2.75) is 26.7 Å². The number of hydrogen-bond acceptors (Lipinski definition) is 2. The zero-order valence-corrected chi connectivity index (χ0v) is 10.7. The maximum absolute atomic E-state index is 13.5. The molecule has 4 heteroatoms. The van der Waals surface area contributed by atoms with Crippen LogP contribution in [0.15, 0.2) is 24.3 Å². The average Bonchev–Trinajstić information content (AvgIpc) is 2.30. The van der Waals surface area contributed by atoms with E-state index in [2.05, 4.69) is 0 Å². The number of benzene rings is 1. The monoisotopic (exact) mass is 244 g/mol. The molecule has 0 aliphatic heterocycles. The minimum atomic E-state index is -2.99. The SMILES string of the molecule is CCCCOP(=O)(CC)c1ccccc1F. The van der Waals surface area contributed by atoms with Crippen LogP contribution in [-0.2, 0) is 9.09 Å². The van der Waals surface area contributed by atoms with Gasteiger partial charge < -0.3 is 4.52 Å². The van der Waals surface area contributed by atoms with Crippen molar-refractivity contribution in [3.63, 3.8) is 0 Å². The molecular weight excluding hydrogens is 226 g/mol. The molecule has 1 unspecified atom stereocenters. The van der Waals surface area contributed by atoms with Gasteiger partial charge in [-0.05, 0) is 18.6 Å². The van der Waals surface area contributed by atoms with Crippen molar-refractivity contribution < 1.29 is 13.5 Å². The molecule has 16 heavy (non-hydrogen) atoms. The molecule has 1 atom stereocenters. The number of halogens is 1. The molecule has 0 aromatic heterocycles. The molecule has 1 aromatic carbocycles. The van der Waals surface area contributed by atoms with Gasteiger partial charge in [-0.2, -0.15) is 0 Å². The smallest absolute Gasteiger partial charge is 0.234 e. The van der Waals surface area contributed by atoms with E-state index in [1.165, 1.54) is 6.07 Å². The second-order valence-corrected chi connectivity index (χ2v) is 6.35. The van der Waals surface area contributed by atoms with Gasteiger partial charge in [0.2, 0.25) is 7.37 Å². The third-order valence-corrected chi connectivity index (χ3v) is 4.96. The van der Waals surface area contributed by atoms with Gasteiger partial charge in [-0.1, -0.05) is 32.4 Å². The normalized spacial score (nSPS) is 14.7. The Morgan fingerprint density at radius 1 is 1.31 bits per heavy atom. The molecule has 0 radical (unpaired) electrons. The van der Waals surface area contributed by atoms with E-state index in [0.29, 0.717) is 12.8 Å². The summed E-state index contributed by atoms with van der Waals surface area (Å²) >= 11 is 0. The summed E-state index contributed by atoms with van der Waals surface area (Å²) in [5, 5.41) is 0.216. The third kappa shape index (κ3) is 3.16. The van der Waals surface area contributed by atoms with Crippen LogP contribution in [0.5, 0.6) is 0 Å². The summed E-state index contributed by atoms with van der Waals surface area (Å²) in [5.74, 6) is -0.441. The van der Waals surface area contributed by atoms with Crippen LogP contribution in [-0.4, -0.2) is 12.8 Å². The second-order valence-electron chi connectivity index (χ2n) is 3.63. The highest BCUT2D eigenvalue weighted by atomic mass is 31.2. The predicted molar refractivity (Wildman–Crippen MR) is 65.0 cm³/mol. The highest BCUT2D eigenvalue weighted by molar-refractivity contribution is 7.66. The van der Waals surface area contributed by atoms with Crippen LogP contribution >= 0.6 is 7.37 Å². The molecule has 1 rings (SSSR count). The number of unbranched alkanes of at least 4 members (excludes halogenated alkanes) is 1. The Bertz CT molecular complexity index is 379. The quantitative estimate of drug-likeness (QED) is 0.565. The fourth-order valence-corrected chi connectivity index (χ4v) is 3.22. The van der Waals surface area contributed by atoms with Crippen molar-refractivity contribution in [1.82, 2.24) is 0 Å². The molecule has 0 heterocycles. The molecule has 0 N–H and O–H groups in total. The molecule has 0 aliphatic carbocycles. The van der Waals surface area contributed by atoms with Gasteiger partial charge in [0.25, 0.3) is 0 Å². The molecule has 0 aliphatic rings. The topological polar surface area (TPSA) is 26.3 Å². The molecule has 0 saturated heterocycles. The minimum absolute atomic E-state index is 0.216. The second kappa shape index (κ2) is 6.17. The van der Waals surface area contributed by atoms with Crippen molar-refractivity contribution in [2.24, 2.45) is 0 Å². The molecule has 1 aromatic rings. The number of hydrogen-bond donors (Lipinski definition) is 0. The van der Waals surface area contributed by atoms with Gasteiger partial charge in [0, 0.05) is 6.16 Å². The lowest BCUT2D eigenvalue weighted by Crippen LogP contribution is -2.14.